The molecule has 2 fully saturated rings. The average molecular weight is 325 g/mol. The number of carbonyl (C=O) groups excluding carboxylic acids is 2. The SMILES string of the molecule is Cc1ccccc1C1C(=O)NC2(CCC(C(F)(F)F)CC2)C1=O. The number of benzene rings is 1. The summed E-state index contributed by atoms with van der Waals surface area (Å²) in [6.07, 6.45) is -4.34. The highest BCUT2D eigenvalue weighted by Crippen LogP contribution is 2.45. The fraction of sp³-hybridized carbons (Fsp3) is 0.529. The number of amides is 1. The highest BCUT2D eigenvalue weighted by molar-refractivity contribution is 6.17. The van der Waals surface area contributed by atoms with Crippen LogP contribution in [-0.2, 0) is 9.59 Å². The topological polar surface area (TPSA) is 46.2 Å². The van der Waals surface area contributed by atoms with E-state index in [2.05, 4.69) is 5.32 Å². The number of alkyl halides is 3. The zero-order chi connectivity index (χ0) is 16.8. The van der Waals surface area contributed by atoms with Crippen LogP contribution in [0.1, 0.15) is 42.7 Å². The number of hydrogen-bond donors (Lipinski definition) is 1. The minimum Gasteiger partial charge on any atom is -0.343 e. The van der Waals surface area contributed by atoms with Crippen LogP contribution in [0.25, 0.3) is 0 Å². The first-order chi connectivity index (χ1) is 10.7. The van der Waals surface area contributed by atoms with E-state index in [-0.39, 0.29) is 31.5 Å². The van der Waals surface area contributed by atoms with E-state index in [4.69, 9.17) is 0 Å². The fourth-order valence-electron chi connectivity index (χ4n) is 3.77. The summed E-state index contributed by atoms with van der Waals surface area (Å²) in [5.74, 6) is -2.96. The van der Waals surface area contributed by atoms with E-state index in [0.29, 0.717) is 5.56 Å². The maximum absolute atomic E-state index is 12.8. The molecule has 1 aliphatic carbocycles. The first-order valence-corrected chi connectivity index (χ1v) is 7.73. The van der Waals surface area contributed by atoms with Crippen LogP contribution in [0.15, 0.2) is 24.3 Å². The van der Waals surface area contributed by atoms with Crippen molar-refractivity contribution in [3.05, 3.63) is 35.4 Å². The molecule has 124 valence electrons. The minimum atomic E-state index is -4.23. The summed E-state index contributed by atoms with van der Waals surface area (Å²) in [6.45, 7) is 1.82. The molecule has 1 N–H and O–H groups in total. The molecule has 1 saturated carbocycles. The van der Waals surface area contributed by atoms with Gasteiger partial charge in [-0.05, 0) is 43.7 Å². The van der Waals surface area contributed by atoms with Crippen LogP contribution in [0.2, 0.25) is 0 Å². The van der Waals surface area contributed by atoms with Gasteiger partial charge in [-0.1, -0.05) is 24.3 Å². The molecule has 1 heterocycles. The number of nitrogens with one attached hydrogen (secondary N) is 1. The number of halogens is 3. The molecule has 6 heteroatoms. The molecule has 3 nitrogen and oxygen atoms in total. The van der Waals surface area contributed by atoms with Gasteiger partial charge in [0.25, 0.3) is 0 Å². The lowest BCUT2D eigenvalue weighted by molar-refractivity contribution is -0.185. The molecule has 0 radical (unpaired) electrons. The van der Waals surface area contributed by atoms with Gasteiger partial charge in [0.05, 0.1) is 11.5 Å². The van der Waals surface area contributed by atoms with Gasteiger partial charge in [-0.25, -0.2) is 0 Å². The van der Waals surface area contributed by atoms with Gasteiger partial charge in [0.1, 0.15) is 5.92 Å². The van der Waals surface area contributed by atoms with Crippen molar-refractivity contribution in [3.63, 3.8) is 0 Å². The number of rotatable bonds is 1. The van der Waals surface area contributed by atoms with Gasteiger partial charge in [0.15, 0.2) is 5.78 Å². The Morgan fingerprint density at radius 2 is 1.74 bits per heavy atom. The highest BCUT2D eigenvalue weighted by atomic mass is 19.4. The molecule has 1 spiro atoms. The molecule has 23 heavy (non-hydrogen) atoms. The predicted molar refractivity (Wildman–Crippen MR) is 77.8 cm³/mol. The van der Waals surface area contributed by atoms with Crippen molar-refractivity contribution >= 4 is 11.7 Å². The number of ketones is 1. The van der Waals surface area contributed by atoms with Crippen molar-refractivity contribution in [1.82, 2.24) is 5.32 Å². The molecule has 1 aromatic carbocycles. The quantitative estimate of drug-likeness (QED) is 0.806. The average Bonchev–Trinajstić information content (AvgIpc) is 2.71. The van der Waals surface area contributed by atoms with Gasteiger partial charge >= 0.3 is 6.18 Å². The van der Waals surface area contributed by atoms with E-state index in [9.17, 15) is 22.8 Å². The summed E-state index contributed by atoms with van der Waals surface area (Å²) < 4.78 is 38.4. The van der Waals surface area contributed by atoms with E-state index < -0.39 is 29.5 Å². The third kappa shape index (κ3) is 2.64. The molecule has 1 amide bonds. The predicted octanol–water partition coefficient (Wildman–Crippen LogP) is 3.27. The second-order valence-corrected chi connectivity index (χ2v) is 6.54. The second-order valence-electron chi connectivity index (χ2n) is 6.54. The van der Waals surface area contributed by atoms with Crippen molar-refractivity contribution in [2.75, 3.05) is 0 Å². The number of aryl methyl sites for hydroxylation is 1. The van der Waals surface area contributed by atoms with E-state index in [1.54, 1.807) is 12.1 Å². The first kappa shape index (κ1) is 16.0. The molecular weight excluding hydrogens is 307 g/mol. The summed E-state index contributed by atoms with van der Waals surface area (Å²) in [5, 5.41) is 2.71. The summed E-state index contributed by atoms with van der Waals surface area (Å²) in [6, 6.07) is 7.13. The molecule has 1 unspecified atom stereocenters. The van der Waals surface area contributed by atoms with E-state index >= 15 is 0 Å². The molecule has 1 aliphatic heterocycles. The Hall–Kier alpha value is -1.85. The van der Waals surface area contributed by atoms with E-state index in [1.165, 1.54) is 0 Å². The normalized spacial score (nSPS) is 31.5. The van der Waals surface area contributed by atoms with Gasteiger partial charge in [0, 0.05) is 0 Å². The van der Waals surface area contributed by atoms with Crippen LogP contribution in [0.4, 0.5) is 13.2 Å². The van der Waals surface area contributed by atoms with Crippen LogP contribution >= 0.6 is 0 Å². The molecule has 0 bridgehead atoms. The Labute approximate surface area is 132 Å². The molecule has 3 rings (SSSR count). The first-order valence-electron chi connectivity index (χ1n) is 7.73. The second kappa shape index (κ2) is 5.35. The Morgan fingerprint density at radius 1 is 1.13 bits per heavy atom. The Bertz CT molecular complexity index is 645. The van der Waals surface area contributed by atoms with E-state index in [1.807, 2.05) is 19.1 Å². The standard InChI is InChI=1S/C17H18F3NO2/c1-10-4-2-3-5-12(10)13-14(22)16(21-15(13)23)8-6-11(7-9-16)17(18,19)20/h2-5,11,13H,6-9H2,1H3,(H,21,23). The summed E-state index contributed by atoms with van der Waals surface area (Å²) >= 11 is 0. The largest absolute Gasteiger partial charge is 0.391 e. The summed E-state index contributed by atoms with van der Waals surface area (Å²) in [4.78, 5) is 25.2. The maximum Gasteiger partial charge on any atom is 0.391 e. The van der Waals surface area contributed by atoms with Crippen molar-refractivity contribution in [2.24, 2.45) is 5.92 Å². The molecule has 2 aliphatic rings. The van der Waals surface area contributed by atoms with Crippen molar-refractivity contribution in [3.8, 4) is 0 Å². The lowest BCUT2D eigenvalue weighted by Gasteiger charge is -2.36. The zero-order valence-electron chi connectivity index (χ0n) is 12.7. The third-order valence-electron chi connectivity index (χ3n) is 5.16. The van der Waals surface area contributed by atoms with Crippen molar-refractivity contribution in [2.45, 2.75) is 50.2 Å². The monoisotopic (exact) mass is 325 g/mol. The summed E-state index contributed by atoms with van der Waals surface area (Å²) in [7, 11) is 0. The number of carbonyl (C=O) groups is 2. The fourth-order valence-corrected chi connectivity index (χ4v) is 3.77. The smallest absolute Gasteiger partial charge is 0.343 e. The maximum atomic E-state index is 12.8. The lowest BCUT2D eigenvalue weighted by atomic mass is 9.73. The van der Waals surface area contributed by atoms with Gasteiger partial charge in [-0.2, -0.15) is 13.2 Å². The highest BCUT2D eigenvalue weighted by Gasteiger charge is 2.56. The van der Waals surface area contributed by atoms with Crippen molar-refractivity contribution < 1.29 is 22.8 Å². The Balaban J connectivity index is 1.84. The Kier molecular flexibility index (Phi) is 3.73. The van der Waals surface area contributed by atoms with Crippen LogP contribution in [-0.4, -0.2) is 23.4 Å². The van der Waals surface area contributed by atoms with Crippen LogP contribution in [0, 0.1) is 12.8 Å². The van der Waals surface area contributed by atoms with Gasteiger partial charge in [0.2, 0.25) is 5.91 Å². The van der Waals surface area contributed by atoms with Crippen LogP contribution in [0.5, 0.6) is 0 Å². The van der Waals surface area contributed by atoms with Gasteiger partial charge < -0.3 is 5.32 Å². The molecule has 1 aromatic rings. The van der Waals surface area contributed by atoms with Crippen LogP contribution < -0.4 is 5.32 Å². The number of Topliss-reactive ketones (excluding diaryl/α,β-unsaturated/α-hetero) is 1. The lowest BCUT2D eigenvalue weighted by Crippen LogP contribution is -2.50. The third-order valence-corrected chi connectivity index (χ3v) is 5.16. The molecule has 1 saturated heterocycles. The van der Waals surface area contributed by atoms with Gasteiger partial charge in [-0.3, -0.25) is 9.59 Å². The molecular formula is C17H18F3NO2. The Morgan fingerprint density at radius 3 is 2.30 bits per heavy atom. The minimum absolute atomic E-state index is 0.0597. The number of hydrogen-bond acceptors (Lipinski definition) is 2. The molecule has 1 atom stereocenters. The van der Waals surface area contributed by atoms with E-state index in [0.717, 1.165) is 5.56 Å². The van der Waals surface area contributed by atoms with Crippen molar-refractivity contribution in [1.29, 1.82) is 0 Å². The zero-order valence-corrected chi connectivity index (χ0v) is 12.7. The van der Waals surface area contributed by atoms with Gasteiger partial charge in [-0.15, -0.1) is 0 Å². The molecule has 0 aromatic heterocycles. The summed E-state index contributed by atoms with van der Waals surface area (Å²) in [5.41, 5.74) is 0.359. The van der Waals surface area contributed by atoms with Crippen LogP contribution in [0.3, 0.4) is 0 Å².